The number of carbonyl (C=O) groups excluding carboxylic acids is 1. The van der Waals surface area contributed by atoms with E-state index in [-0.39, 0.29) is 18.6 Å². The highest BCUT2D eigenvalue weighted by molar-refractivity contribution is 9.10. The second kappa shape index (κ2) is 9.79. The zero-order valence-electron chi connectivity index (χ0n) is 13.0. The number of hydrogen-bond donors (Lipinski definition) is 2. The molecule has 0 radical (unpaired) electrons. The van der Waals surface area contributed by atoms with Gasteiger partial charge in [0.25, 0.3) is 5.91 Å². The first-order valence-corrected chi connectivity index (χ1v) is 8.31. The molecule has 0 aliphatic carbocycles. The van der Waals surface area contributed by atoms with Gasteiger partial charge in [0.15, 0.2) is 6.61 Å². The smallest absolute Gasteiger partial charge is 0.258 e. The standard InChI is InChI=1S/C16H25BrN2O2/c1-4-14(5-2)19-16(20)11-21-15-8-7-13(17)9-12(15)10-18-6-3/h7-9,14,18H,4-6,10-11H2,1-3H3,(H,19,20). The Morgan fingerprint density at radius 3 is 2.62 bits per heavy atom. The Balaban J connectivity index is 2.59. The molecule has 5 heteroatoms. The van der Waals surface area contributed by atoms with Gasteiger partial charge in [-0.2, -0.15) is 0 Å². The molecule has 1 rings (SSSR count). The summed E-state index contributed by atoms with van der Waals surface area (Å²) >= 11 is 3.46. The monoisotopic (exact) mass is 356 g/mol. The van der Waals surface area contributed by atoms with Crippen molar-refractivity contribution < 1.29 is 9.53 Å². The summed E-state index contributed by atoms with van der Waals surface area (Å²) in [6.07, 6.45) is 1.87. The number of nitrogens with one attached hydrogen (secondary N) is 2. The van der Waals surface area contributed by atoms with Gasteiger partial charge in [0.05, 0.1) is 0 Å². The van der Waals surface area contributed by atoms with E-state index in [1.165, 1.54) is 0 Å². The molecule has 0 saturated heterocycles. The van der Waals surface area contributed by atoms with Crippen molar-refractivity contribution in [3.63, 3.8) is 0 Å². The highest BCUT2D eigenvalue weighted by Crippen LogP contribution is 2.23. The van der Waals surface area contributed by atoms with E-state index in [1.54, 1.807) is 0 Å². The maximum absolute atomic E-state index is 11.9. The van der Waals surface area contributed by atoms with Crippen LogP contribution in [0.5, 0.6) is 5.75 Å². The van der Waals surface area contributed by atoms with Crippen molar-refractivity contribution >= 4 is 21.8 Å². The largest absolute Gasteiger partial charge is 0.483 e. The van der Waals surface area contributed by atoms with Crippen LogP contribution in [0.1, 0.15) is 39.2 Å². The van der Waals surface area contributed by atoms with Crippen molar-refractivity contribution in [2.75, 3.05) is 13.2 Å². The molecule has 1 aromatic rings. The van der Waals surface area contributed by atoms with Crippen LogP contribution in [0.15, 0.2) is 22.7 Å². The third kappa shape index (κ3) is 6.48. The third-order valence-corrected chi connectivity index (χ3v) is 3.79. The van der Waals surface area contributed by atoms with Gasteiger partial charge >= 0.3 is 0 Å². The number of carbonyl (C=O) groups is 1. The summed E-state index contributed by atoms with van der Waals surface area (Å²) in [6, 6.07) is 6.05. The molecule has 4 nitrogen and oxygen atoms in total. The van der Waals surface area contributed by atoms with Gasteiger partial charge in [-0.05, 0) is 37.6 Å². The molecule has 0 aliphatic heterocycles. The van der Waals surface area contributed by atoms with E-state index in [4.69, 9.17) is 4.74 Å². The third-order valence-electron chi connectivity index (χ3n) is 3.30. The second-order valence-corrected chi connectivity index (χ2v) is 5.82. The summed E-state index contributed by atoms with van der Waals surface area (Å²) in [5, 5.41) is 6.24. The zero-order valence-corrected chi connectivity index (χ0v) is 14.6. The Hall–Kier alpha value is -1.07. The Bertz CT molecular complexity index is 448. The number of rotatable bonds is 9. The lowest BCUT2D eigenvalue weighted by Crippen LogP contribution is -2.37. The molecule has 0 fully saturated rings. The zero-order chi connectivity index (χ0) is 15.7. The number of amides is 1. The normalized spacial score (nSPS) is 10.7. The summed E-state index contributed by atoms with van der Waals surface area (Å²) in [7, 11) is 0. The summed E-state index contributed by atoms with van der Waals surface area (Å²) in [6.45, 7) is 7.86. The predicted octanol–water partition coefficient (Wildman–Crippen LogP) is 3.24. The maximum Gasteiger partial charge on any atom is 0.258 e. The predicted molar refractivity (Wildman–Crippen MR) is 89.5 cm³/mol. The first kappa shape index (κ1) is 18.0. The molecule has 0 heterocycles. The van der Waals surface area contributed by atoms with Crippen molar-refractivity contribution in [1.29, 1.82) is 0 Å². The van der Waals surface area contributed by atoms with Crippen molar-refractivity contribution in [3.05, 3.63) is 28.2 Å². The molecule has 0 spiro atoms. The number of benzene rings is 1. The van der Waals surface area contributed by atoms with Gasteiger partial charge in [-0.15, -0.1) is 0 Å². The maximum atomic E-state index is 11.9. The Morgan fingerprint density at radius 2 is 2.00 bits per heavy atom. The van der Waals surface area contributed by atoms with Crippen molar-refractivity contribution in [2.45, 2.75) is 46.2 Å². The van der Waals surface area contributed by atoms with Gasteiger partial charge in [0.1, 0.15) is 5.75 Å². The van der Waals surface area contributed by atoms with Crippen LogP contribution in [0.3, 0.4) is 0 Å². The fourth-order valence-corrected chi connectivity index (χ4v) is 2.40. The van der Waals surface area contributed by atoms with Crippen LogP contribution in [-0.4, -0.2) is 25.1 Å². The molecule has 118 valence electrons. The van der Waals surface area contributed by atoms with Gasteiger partial charge in [0.2, 0.25) is 0 Å². The molecule has 1 amide bonds. The van der Waals surface area contributed by atoms with Crippen LogP contribution in [0.4, 0.5) is 0 Å². The SMILES string of the molecule is CCNCc1cc(Br)ccc1OCC(=O)NC(CC)CC. The first-order chi connectivity index (χ1) is 10.1. The average Bonchev–Trinajstić information content (AvgIpc) is 2.49. The highest BCUT2D eigenvalue weighted by Gasteiger charge is 2.10. The van der Waals surface area contributed by atoms with Crippen molar-refractivity contribution in [3.8, 4) is 5.75 Å². The minimum atomic E-state index is -0.0685. The molecule has 0 unspecified atom stereocenters. The van der Waals surface area contributed by atoms with Crippen LogP contribution in [0.25, 0.3) is 0 Å². The van der Waals surface area contributed by atoms with E-state index in [1.807, 2.05) is 18.2 Å². The van der Waals surface area contributed by atoms with Gasteiger partial charge in [-0.3, -0.25) is 4.79 Å². The molecule has 21 heavy (non-hydrogen) atoms. The molecule has 0 atom stereocenters. The highest BCUT2D eigenvalue weighted by atomic mass is 79.9. The lowest BCUT2D eigenvalue weighted by Gasteiger charge is -2.16. The molecule has 2 N–H and O–H groups in total. The molecule has 0 aliphatic rings. The fraction of sp³-hybridized carbons (Fsp3) is 0.562. The lowest BCUT2D eigenvalue weighted by molar-refractivity contribution is -0.123. The summed E-state index contributed by atoms with van der Waals surface area (Å²) in [5.74, 6) is 0.680. The number of hydrogen-bond acceptors (Lipinski definition) is 3. The van der Waals surface area contributed by atoms with Gasteiger partial charge in [-0.25, -0.2) is 0 Å². The van der Waals surface area contributed by atoms with E-state index >= 15 is 0 Å². The first-order valence-electron chi connectivity index (χ1n) is 7.51. The molecular formula is C16H25BrN2O2. The van der Waals surface area contributed by atoms with Gasteiger partial charge in [-0.1, -0.05) is 36.7 Å². The summed E-state index contributed by atoms with van der Waals surface area (Å²) in [5.41, 5.74) is 1.04. The van der Waals surface area contributed by atoms with Crippen LogP contribution >= 0.6 is 15.9 Å². The Morgan fingerprint density at radius 1 is 1.29 bits per heavy atom. The van der Waals surface area contributed by atoms with E-state index in [0.29, 0.717) is 0 Å². The minimum Gasteiger partial charge on any atom is -0.483 e. The van der Waals surface area contributed by atoms with Crippen molar-refractivity contribution in [1.82, 2.24) is 10.6 Å². The molecule has 0 bridgehead atoms. The summed E-state index contributed by atoms with van der Waals surface area (Å²) < 4.78 is 6.67. The quantitative estimate of drug-likeness (QED) is 0.713. The molecule has 0 aromatic heterocycles. The Kier molecular flexibility index (Phi) is 8.38. The number of ether oxygens (including phenoxy) is 1. The van der Waals surface area contributed by atoms with Crippen LogP contribution in [-0.2, 0) is 11.3 Å². The van der Waals surface area contributed by atoms with Crippen LogP contribution in [0.2, 0.25) is 0 Å². The van der Waals surface area contributed by atoms with E-state index in [0.717, 1.165) is 41.7 Å². The second-order valence-electron chi connectivity index (χ2n) is 4.90. The lowest BCUT2D eigenvalue weighted by atomic mass is 10.2. The molecule has 0 saturated carbocycles. The van der Waals surface area contributed by atoms with Crippen LogP contribution < -0.4 is 15.4 Å². The molecular weight excluding hydrogens is 332 g/mol. The minimum absolute atomic E-state index is 0.0528. The van der Waals surface area contributed by atoms with Gasteiger partial charge < -0.3 is 15.4 Å². The van der Waals surface area contributed by atoms with Crippen LogP contribution in [0, 0.1) is 0 Å². The van der Waals surface area contributed by atoms with Gasteiger partial charge in [0, 0.05) is 22.6 Å². The number of halogens is 1. The average molecular weight is 357 g/mol. The topological polar surface area (TPSA) is 50.4 Å². The van der Waals surface area contributed by atoms with E-state index in [2.05, 4.69) is 47.3 Å². The van der Waals surface area contributed by atoms with E-state index < -0.39 is 0 Å². The van der Waals surface area contributed by atoms with Crippen molar-refractivity contribution in [2.24, 2.45) is 0 Å². The summed E-state index contributed by atoms with van der Waals surface area (Å²) in [4.78, 5) is 11.9. The van der Waals surface area contributed by atoms with E-state index in [9.17, 15) is 4.79 Å². The fourth-order valence-electron chi connectivity index (χ4n) is 1.99. The molecule has 1 aromatic carbocycles. The Labute approximate surface area is 135 Å².